The highest BCUT2D eigenvalue weighted by Gasteiger charge is 2.29. The van der Waals surface area contributed by atoms with Crippen molar-refractivity contribution in [1.29, 1.82) is 0 Å². The Balaban J connectivity index is 0.000000736. The average molecular weight is 890 g/mol. The molecular formula is C48H65ClN6O4S2. The van der Waals surface area contributed by atoms with Crippen molar-refractivity contribution in [3.8, 4) is 0 Å². The average Bonchev–Trinajstić information content (AvgIpc) is 3.26. The van der Waals surface area contributed by atoms with Gasteiger partial charge in [0.2, 0.25) is 0 Å². The number of halogens is 1. The summed E-state index contributed by atoms with van der Waals surface area (Å²) in [6.07, 6.45) is 3.40. The third-order valence-corrected chi connectivity index (χ3v) is 12.8. The Morgan fingerprint density at radius 3 is 2.23 bits per heavy atom. The molecule has 61 heavy (non-hydrogen) atoms. The fourth-order valence-electron chi connectivity index (χ4n) is 7.48. The second-order valence-corrected chi connectivity index (χ2v) is 19.0. The molecule has 0 bridgehead atoms. The lowest BCUT2D eigenvalue weighted by Gasteiger charge is -2.39. The zero-order valence-electron chi connectivity index (χ0n) is 37.0. The number of aliphatic hydroxyl groups excluding tert-OH is 1. The van der Waals surface area contributed by atoms with E-state index < -0.39 is 4.92 Å². The maximum absolute atomic E-state index is 13.0. The number of rotatable bonds is 16. The number of hydrogen-bond donors (Lipinski definition) is 3. The number of carbonyl (C=O) groups is 1. The molecule has 1 heterocycles. The van der Waals surface area contributed by atoms with Crippen LogP contribution in [0, 0.1) is 21.4 Å². The van der Waals surface area contributed by atoms with Crippen LogP contribution >= 0.6 is 35.3 Å². The van der Waals surface area contributed by atoms with Crippen LogP contribution in [0.25, 0.3) is 5.57 Å². The van der Waals surface area contributed by atoms with Crippen molar-refractivity contribution in [2.45, 2.75) is 63.7 Å². The van der Waals surface area contributed by atoms with E-state index in [4.69, 9.17) is 16.7 Å². The summed E-state index contributed by atoms with van der Waals surface area (Å²) < 4.78 is 2.84. The van der Waals surface area contributed by atoms with Crippen LogP contribution in [0.3, 0.4) is 0 Å². The van der Waals surface area contributed by atoms with Gasteiger partial charge in [-0.1, -0.05) is 82.1 Å². The van der Waals surface area contributed by atoms with Crippen LogP contribution in [-0.4, -0.2) is 98.0 Å². The third-order valence-electron chi connectivity index (χ3n) is 10.7. The van der Waals surface area contributed by atoms with E-state index in [2.05, 4.69) is 78.5 Å². The number of anilines is 2. The molecule has 0 spiro atoms. The summed E-state index contributed by atoms with van der Waals surface area (Å²) >= 11 is 8.95. The monoisotopic (exact) mass is 888 g/mol. The minimum absolute atomic E-state index is 0.0234. The number of thioether (sulfide) groups is 1. The van der Waals surface area contributed by atoms with Gasteiger partial charge in [0.05, 0.1) is 4.92 Å². The first kappa shape index (κ1) is 49.6. The molecule has 1 aliphatic carbocycles. The number of nitrogens with zero attached hydrogens (tertiary/aromatic N) is 4. The Morgan fingerprint density at radius 2 is 1.62 bits per heavy atom. The van der Waals surface area contributed by atoms with E-state index >= 15 is 0 Å². The molecule has 1 saturated heterocycles. The fourth-order valence-corrected chi connectivity index (χ4v) is 9.04. The summed E-state index contributed by atoms with van der Waals surface area (Å²) in [6.45, 7) is 19.2. The number of nitrogens with one attached hydrogen (secondary N) is 2. The van der Waals surface area contributed by atoms with E-state index in [0.717, 1.165) is 98.4 Å². The minimum atomic E-state index is -0.399. The number of benzene rings is 4. The van der Waals surface area contributed by atoms with Crippen LogP contribution in [0.1, 0.15) is 69.8 Å². The van der Waals surface area contributed by atoms with Crippen molar-refractivity contribution in [2.24, 2.45) is 11.3 Å². The molecule has 0 atom stereocenters. The van der Waals surface area contributed by atoms with E-state index in [1.807, 2.05) is 66.7 Å². The van der Waals surface area contributed by atoms with Crippen molar-refractivity contribution in [2.75, 3.05) is 82.5 Å². The zero-order chi connectivity index (χ0) is 44.4. The molecule has 1 amide bonds. The SMILES string of the molecule is CC1(C)CCC(c2ccc(Cl)cc2)=C(CN2CCN(c3ccc(C(=O)NSc4ccc(NCCSc5ccccc5)c([N+](=O)[O-])c4)cc3)CC2)C1.CCN(C)CC(C)C.CO. The number of amides is 1. The van der Waals surface area contributed by atoms with Gasteiger partial charge in [0, 0.05) is 90.8 Å². The standard InChI is InChI=1S/C40H44ClN5O3S2.C7H17N.CH4O/c1-40(2)19-18-36(29-8-12-32(41)13-9-29)31(27-40)28-44-21-23-45(24-22-44)33-14-10-30(11-15-33)39(47)43-51-35-16-17-37(38(26-35)46(48)49)42-20-25-50-34-6-4-3-5-7-34;1-5-8(4)6-7(2)3;1-2/h3-17,26,42H,18-25,27-28H2,1-2H3,(H,43,47);7H,5-6H2,1-4H3;2H,1H3. The van der Waals surface area contributed by atoms with Gasteiger partial charge in [-0.15, -0.1) is 11.8 Å². The second kappa shape index (κ2) is 25.2. The smallest absolute Gasteiger partial charge is 0.293 e. The number of aliphatic hydroxyl groups is 1. The molecule has 0 unspecified atom stereocenters. The van der Waals surface area contributed by atoms with Gasteiger partial charge in [-0.3, -0.25) is 24.5 Å². The lowest BCUT2D eigenvalue weighted by molar-refractivity contribution is -0.384. The second-order valence-electron chi connectivity index (χ2n) is 16.5. The van der Waals surface area contributed by atoms with Gasteiger partial charge in [0.1, 0.15) is 5.69 Å². The molecule has 2 aliphatic rings. The molecule has 0 aromatic heterocycles. The molecule has 4 aromatic carbocycles. The quantitative estimate of drug-likeness (QED) is 0.0330. The van der Waals surface area contributed by atoms with Crippen LogP contribution in [0.2, 0.25) is 5.02 Å². The number of allylic oxidation sites excluding steroid dienone is 1. The highest BCUT2D eigenvalue weighted by Crippen LogP contribution is 2.43. The first-order valence-corrected chi connectivity index (χ1v) is 23.3. The number of nitro benzene ring substituents is 1. The van der Waals surface area contributed by atoms with Crippen molar-refractivity contribution < 1.29 is 14.8 Å². The number of hydrogen-bond acceptors (Lipinski definition) is 10. The molecule has 1 aliphatic heterocycles. The predicted molar refractivity (Wildman–Crippen MR) is 259 cm³/mol. The van der Waals surface area contributed by atoms with E-state index in [1.54, 1.807) is 29.5 Å². The maximum atomic E-state index is 13.0. The van der Waals surface area contributed by atoms with E-state index in [-0.39, 0.29) is 11.6 Å². The number of nitro groups is 1. The van der Waals surface area contributed by atoms with Crippen LogP contribution in [0.4, 0.5) is 17.1 Å². The van der Waals surface area contributed by atoms with Crippen LogP contribution in [0.15, 0.2) is 112 Å². The summed E-state index contributed by atoms with van der Waals surface area (Å²) in [5.41, 5.74) is 6.70. The van der Waals surface area contributed by atoms with Crippen molar-refractivity contribution >= 4 is 63.9 Å². The van der Waals surface area contributed by atoms with E-state index in [9.17, 15) is 14.9 Å². The highest BCUT2D eigenvalue weighted by molar-refractivity contribution is 7.99. The van der Waals surface area contributed by atoms with Crippen molar-refractivity contribution in [3.05, 3.63) is 129 Å². The van der Waals surface area contributed by atoms with Crippen LogP contribution in [0.5, 0.6) is 0 Å². The third kappa shape index (κ3) is 16.3. The van der Waals surface area contributed by atoms with Crippen LogP contribution < -0.4 is 14.9 Å². The Labute approximate surface area is 377 Å². The molecule has 1 fully saturated rings. The topological polar surface area (TPSA) is 114 Å². The fraction of sp³-hybridized carbons (Fsp3) is 0.438. The lowest BCUT2D eigenvalue weighted by Crippen LogP contribution is -2.47. The Bertz CT molecular complexity index is 1990. The lowest BCUT2D eigenvalue weighted by atomic mass is 9.73. The summed E-state index contributed by atoms with van der Waals surface area (Å²) in [5, 5.41) is 22.8. The summed E-state index contributed by atoms with van der Waals surface area (Å²) in [4.78, 5) is 33.4. The van der Waals surface area contributed by atoms with Gasteiger partial charge in [0.25, 0.3) is 11.6 Å². The van der Waals surface area contributed by atoms with Gasteiger partial charge >= 0.3 is 0 Å². The minimum Gasteiger partial charge on any atom is -0.400 e. The molecule has 0 saturated carbocycles. The normalized spacial score (nSPS) is 15.1. The maximum Gasteiger partial charge on any atom is 0.293 e. The first-order chi connectivity index (χ1) is 29.3. The Kier molecular flexibility index (Phi) is 20.5. The van der Waals surface area contributed by atoms with Gasteiger partial charge in [0.15, 0.2) is 0 Å². The molecule has 0 radical (unpaired) electrons. The molecule has 4 aromatic rings. The highest BCUT2D eigenvalue weighted by atomic mass is 35.5. The Hall–Kier alpha value is -4.04. The molecule has 6 rings (SSSR count). The van der Waals surface area contributed by atoms with Gasteiger partial charge in [-0.2, -0.15) is 0 Å². The van der Waals surface area contributed by atoms with E-state index in [0.29, 0.717) is 28.1 Å². The van der Waals surface area contributed by atoms with Crippen molar-refractivity contribution in [1.82, 2.24) is 14.5 Å². The summed E-state index contributed by atoms with van der Waals surface area (Å²) in [5.74, 6) is 1.33. The van der Waals surface area contributed by atoms with Crippen molar-refractivity contribution in [3.63, 3.8) is 0 Å². The molecule has 330 valence electrons. The predicted octanol–water partition coefficient (Wildman–Crippen LogP) is 10.9. The molecule has 10 nitrogen and oxygen atoms in total. The van der Waals surface area contributed by atoms with E-state index in [1.165, 1.54) is 30.2 Å². The Morgan fingerprint density at radius 1 is 0.951 bits per heavy atom. The summed E-state index contributed by atoms with van der Waals surface area (Å²) in [6, 6.07) is 31.0. The number of piperazine rings is 1. The van der Waals surface area contributed by atoms with Gasteiger partial charge in [-0.05, 0) is 128 Å². The van der Waals surface area contributed by atoms with Crippen LogP contribution in [-0.2, 0) is 0 Å². The molecule has 3 N–H and O–H groups in total. The zero-order valence-corrected chi connectivity index (χ0v) is 39.3. The number of carbonyl (C=O) groups excluding carboxylic acids is 1. The summed E-state index contributed by atoms with van der Waals surface area (Å²) in [7, 11) is 3.15. The molecule has 13 heteroatoms. The van der Waals surface area contributed by atoms with Gasteiger partial charge < -0.3 is 20.2 Å². The van der Waals surface area contributed by atoms with Gasteiger partial charge in [-0.25, -0.2) is 0 Å². The molecular weight excluding hydrogens is 824 g/mol. The first-order valence-electron chi connectivity index (χ1n) is 21.1. The largest absolute Gasteiger partial charge is 0.400 e.